The van der Waals surface area contributed by atoms with Crippen LogP contribution in [0.15, 0.2) is 53.3 Å². The number of amides is 1. The van der Waals surface area contributed by atoms with E-state index in [-0.39, 0.29) is 17.2 Å². The monoisotopic (exact) mass is 436 g/mol. The van der Waals surface area contributed by atoms with Gasteiger partial charge in [0.25, 0.3) is 11.5 Å². The molecule has 0 radical (unpaired) electrons. The lowest BCUT2D eigenvalue weighted by Crippen LogP contribution is -2.38. The van der Waals surface area contributed by atoms with Crippen molar-refractivity contribution >= 4 is 16.7 Å². The molecule has 2 N–H and O–H groups in total. The van der Waals surface area contributed by atoms with Gasteiger partial charge in [-0.3, -0.25) is 14.5 Å². The summed E-state index contributed by atoms with van der Waals surface area (Å²) in [6, 6.07) is 15.2. The van der Waals surface area contributed by atoms with E-state index in [0.29, 0.717) is 30.0 Å². The molecule has 8 heteroatoms. The summed E-state index contributed by atoms with van der Waals surface area (Å²) in [6.07, 6.45) is 2.12. The molecule has 4 rings (SSSR count). The highest BCUT2D eigenvalue weighted by atomic mass is 16.5. The van der Waals surface area contributed by atoms with Crippen molar-refractivity contribution in [2.24, 2.45) is 0 Å². The second-order valence-electron chi connectivity index (χ2n) is 7.95. The minimum absolute atomic E-state index is 0.198. The zero-order valence-electron chi connectivity index (χ0n) is 18.2. The Morgan fingerprint density at radius 1 is 1.19 bits per heavy atom. The van der Waals surface area contributed by atoms with Gasteiger partial charge in [-0.25, -0.2) is 5.10 Å². The summed E-state index contributed by atoms with van der Waals surface area (Å²) in [5.74, 6) is 0.423. The highest BCUT2D eigenvalue weighted by molar-refractivity contribution is 6.04. The van der Waals surface area contributed by atoms with Gasteiger partial charge in [-0.2, -0.15) is 5.10 Å². The van der Waals surface area contributed by atoms with Crippen molar-refractivity contribution in [1.29, 1.82) is 0 Å². The van der Waals surface area contributed by atoms with E-state index in [2.05, 4.69) is 27.5 Å². The molecule has 1 aliphatic heterocycles. The third-order valence-corrected chi connectivity index (χ3v) is 5.79. The van der Waals surface area contributed by atoms with E-state index in [1.807, 2.05) is 24.3 Å². The van der Waals surface area contributed by atoms with Crippen molar-refractivity contribution in [2.45, 2.75) is 25.4 Å². The molecule has 2 heterocycles. The maximum atomic E-state index is 12.7. The first kappa shape index (κ1) is 22.0. The number of ether oxygens (including phenoxy) is 2. The summed E-state index contributed by atoms with van der Waals surface area (Å²) >= 11 is 0. The first-order chi connectivity index (χ1) is 15.6. The molecular weight excluding hydrogens is 408 g/mol. The fourth-order valence-corrected chi connectivity index (χ4v) is 3.92. The van der Waals surface area contributed by atoms with Gasteiger partial charge in [-0.05, 0) is 43.7 Å². The molecule has 0 aliphatic carbocycles. The van der Waals surface area contributed by atoms with Crippen molar-refractivity contribution in [3.63, 3.8) is 0 Å². The summed E-state index contributed by atoms with van der Waals surface area (Å²) in [4.78, 5) is 26.9. The molecule has 0 bridgehead atoms. The molecule has 0 saturated carbocycles. The predicted molar refractivity (Wildman–Crippen MR) is 122 cm³/mol. The number of H-pyrrole nitrogens is 1. The van der Waals surface area contributed by atoms with E-state index in [1.54, 1.807) is 24.3 Å². The van der Waals surface area contributed by atoms with E-state index < -0.39 is 0 Å². The van der Waals surface area contributed by atoms with Gasteiger partial charge in [0.2, 0.25) is 0 Å². The van der Waals surface area contributed by atoms with Crippen LogP contribution in [0.2, 0.25) is 0 Å². The Bertz CT molecular complexity index is 1120. The van der Waals surface area contributed by atoms with Crippen LogP contribution >= 0.6 is 0 Å². The summed E-state index contributed by atoms with van der Waals surface area (Å²) in [6.45, 7) is 3.42. The minimum Gasteiger partial charge on any atom is -0.492 e. The SMILES string of the molecule is CN(CCOc1cccc(CNC(=O)c2n[nH]c(=O)c3ccccc23)c1)C1CCOCC1. The zero-order valence-corrected chi connectivity index (χ0v) is 18.2. The molecule has 1 saturated heterocycles. The highest BCUT2D eigenvalue weighted by Gasteiger charge is 2.18. The Labute approximate surface area is 186 Å². The third kappa shape index (κ3) is 5.33. The smallest absolute Gasteiger partial charge is 0.272 e. The van der Waals surface area contributed by atoms with Crippen LogP contribution in [0.4, 0.5) is 0 Å². The molecule has 1 fully saturated rings. The van der Waals surface area contributed by atoms with Crippen molar-refractivity contribution in [1.82, 2.24) is 20.4 Å². The fourth-order valence-electron chi connectivity index (χ4n) is 3.92. The van der Waals surface area contributed by atoms with Gasteiger partial charge in [0.1, 0.15) is 12.4 Å². The molecule has 3 aromatic rings. The number of aromatic nitrogens is 2. The number of carbonyl (C=O) groups excluding carboxylic acids is 1. The Morgan fingerprint density at radius 2 is 1.97 bits per heavy atom. The van der Waals surface area contributed by atoms with Gasteiger partial charge in [0.05, 0.1) is 5.39 Å². The van der Waals surface area contributed by atoms with Gasteiger partial charge >= 0.3 is 0 Å². The average Bonchev–Trinajstić information content (AvgIpc) is 2.84. The van der Waals surface area contributed by atoms with Crippen LogP contribution in [0.1, 0.15) is 28.9 Å². The number of carbonyl (C=O) groups is 1. The second-order valence-corrected chi connectivity index (χ2v) is 7.95. The molecule has 0 atom stereocenters. The van der Waals surface area contributed by atoms with E-state index in [0.717, 1.165) is 43.9 Å². The summed E-state index contributed by atoms with van der Waals surface area (Å²) in [7, 11) is 2.12. The standard InChI is InChI=1S/C24H28N4O4/c1-28(18-9-12-31-13-10-18)11-14-32-19-6-4-5-17(15-19)16-25-24(30)22-20-7-2-3-8-21(20)23(29)27-26-22/h2-8,15,18H,9-14,16H2,1H3,(H,25,30)(H,27,29). The lowest BCUT2D eigenvalue weighted by molar-refractivity contribution is 0.0392. The van der Waals surface area contributed by atoms with Crippen molar-refractivity contribution in [3.8, 4) is 5.75 Å². The summed E-state index contributed by atoms with van der Waals surface area (Å²) < 4.78 is 11.4. The number of hydrogen-bond donors (Lipinski definition) is 2. The topological polar surface area (TPSA) is 96.5 Å². The Morgan fingerprint density at radius 3 is 2.78 bits per heavy atom. The molecule has 8 nitrogen and oxygen atoms in total. The molecular formula is C24H28N4O4. The molecule has 0 unspecified atom stereocenters. The average molecular weight is 437 g/mol. The maximum Gasteiger partial charge on any atom is 0.272 e. The van der Waals surface area contributed by atoms with Crippen LogP contribution in [0, 0.1) is 0 Å². The largest absolute Gasteiger partial charge is 0.492 e. The number of likely N-dealkylation sites (N-methyl/N-ethyl adjacent to an activating group) is 1. The van der Waals surface area contributed by atoms with E-state index in [1.165, 1.54) is 0 Å². The second kappa shape index (κ2) is 10.4. The van der Waals surface area contributed by atoms with Crippen LogP contribution in [0.3, 0.4) is 0 Å². The number of aromatic amines is 1. The van der Waals surface area contributed by atoms with E-state index >= 15 is 0 Å². The van der Waals surface area contributed by atoms with Gasteiger partial charge < -0.3 is 14.8 Å². The van der Waals surface area contributed by atoms with Crippen LogP contribution in [0.25, 0.3) is 10.8 Å². The fraction of sp³-hybridized carbons (Fsp3) is 0.375. The van der Waals surface area contributed by atoms with Crippen LogP contribution in [-0.2, 0) is 11.3 Å². The molecule has 2 aromatic carbocycles. The number of hydrogen-bond acceptors (Lipinski definition) is 6. The van der Waals surface area contributed by atoms with Gasteiger partial charge in [0, 0.05) is 37.7 Å². The van der Waals surface area contributed by atoms with Gasteiger partial charge in [-0.15, -0.1) is 0 Å². The van der Waals surface area contributed by atoms with Crippen molar-refractivity contribution in [2.75, 3.05) is 33.4 Å². The first-order valence-electron chi connectivity index (χ1n) is 10.9. The quantitative estimate of drug-likeness (QED) is 0.563. The Balaban J connectivity index is 1.32. The normalized spacial score (nSPS) is 14.6. The minimum atomic E-state index is -0.346. The Kier molecular flexibility index (Phi) is 7.14. The first-order valence-corrected chi connectivity index (χ1v) is 10.9. The van der Waals surface area contributed by atoms with Crippen molar-refractivity contribution in [3.05, 3.63) is 70.1 Å². The van der Waals surface area contributed by atoms with Crippen LogP contribution in [0.5, 0.6) is 5.75 Å². The molecule has 0 spiro atoms. The molecule has 1 amide bonds. The number of nitrogens with one attached hydrogen (secondary N) is 2. The zero-order chi connectivity index (χ0) is 22.3. The number of benzene rings is 2. The van der Waals surface area contributed by atoms with Crippen LogP contribution < -0.4 is 15.6 Å². The molecule has 32 heavy (non-hydrogen) atoms. The van der Waals surface area contributed by atoms with Crippen LogP contribution in [-0.4, -0.2) is 60.5 Å². The lowest BCUT2D eigenvalue weighted by Gasteiger charge is -2.31. The molecule has 168 valence electrons. The summed E-state index contributed by atoms with van der Waals surface area (Å²) in [5, 5.41) is 10.2. The predicted octanol–water partition coefficient (Wildman–Crippen LogP) is 2.34. The maximum absolute atomic E-state index is 12.7. The van der Waals surface area contributed by atoms with E-state index in [9.17, 15) is 9.59 Å². The Hall–Kier alpha value is -3.23. The van der Waals surface area contributed by atoms with Gasteiger partial charge in [0.15, 0.2) is 5.69 Å². The molecule has 1 aliphatic rings. The molecule has 1 aromatic heterocycles. The summed E-state index contributed by atoms with van der Waals surface area (Å²) in [5.41, 5.74) is 0.801. The number of rotatable bonds is 8. The van der Waals surface area contributed by atoms with Crippen molar-refractivity contribution < 1.29 is 14.3 Å². The van der Waals surface area contributed by atoms with Gasteiger partial charge in [-0.1, -0.05) is 30.3 Å². The third-order valence-electron chi connectivity index (χ3n) is 5.79. The lowest BCUT2D eigenvalue weighted by atomic mass is 10.1. The highest BCUT2D eigenvalue weighted by Crippen LogP contribution is 2.16. The van der Waals surface area contributed by atoms with E-state index in [4.69, 9.17) is 9.47 Å². The number of nitrogens with zero attached hydrogens (tertiary/aromatic N) is 2. The number of fused-ring (bicyclic) bond motifs is 1.